The number of amides is 2. The van der Waals surface area contributed by atoms with Gasteiger partial charge in [-0.2, -0.15) is 0 Å². The van der Waals surface area contributed by atoms with Gasteiger partial charge in [0.15, 0.2) is 10.4 Å². The van der Waals surface area contributed by atoms with E-state index >= 15 is 0 Å². The Labute approximate surface area is 175 Å². The zero-order chi connectivity index (χ0) is 20.1. The molecule has 3 aromatic rings. The minimum absolute atomic E-state index is 0.179. The van der Waals surface area contributed by atoms with Crippen LogP contribution in [-0.4, -0.2) is 29.6 Å². The topological polar surface area (TPSA) is 75.4 Å². The normalized spacial score (nSPS) is 10.5. The SMILES string of the molecule is CCSc1ccc(NC(=O)c2ccccc2N(C)C(=O)c2ccc(Br)o2)cn1. The van der Waals surface area contributed by atoms with E-state index in [1.807, 2.05) is 6.07 Å². The van der Waals surface area contributed by atoms with Crippen LogP contribution < -0.4 is 10.2 Å². The number of nitrogens with zero attached hydrogens (tertiary/aromatic N) is 2. The van der Waals surface area contributed by atoms with Crippen molar-refractivity contribution in [2.24, 2.45) is 0 Å². The fraction of sp³-hybridized carbons (Fsp3) is 0.150. The molecule has 6 nitrogen and oxygen atoms in total. The highest BCUT2D eigenvalue weighted by atomic mass is 79.9. The van der Waals surface area contributed by atoms with Crippen LogP contribution in [0.5, 0.6) is 0 Å². The molecule has 3 rings (SSSR count). The summed E-state index contributed by atoms with van der Waals surface area (Å²) in [5.74, 6) is 0.429. The molecule has 2 heterocycles. The van der Waals surface area contributed by atoms with E-state index in [1.165, 1.54) is 4.90 Å². The lowest BCUT2D eigenvalue weighted by molar-refractivity contribution is 0.0965. The molecule has 0 spiro atoms. The Morgan fingerprint density at radius 3 is 2.61 bits per heavy atom. The second-order valence-electron chi connectivity index (χ2n) is 5.76. The molecule has 0 saturated carbocycles. The molecule has 0 radical (unpaired) electrons. The number of carbonyl (C=O) groups is 2. The maximum Gasteiger partial charge on any atom is 0.293 e. The van der Waals surface area contributed by atoms with E-state index in [0.717, 1.165) is 10.8 Å². The van der Waals surface area contributed by atoms with Gasteiger partial charge < -0.3 is 14.6 Å². The number of para-hydroxylation sites is 1. The minimum atomic E-state index is -0.353. The molecule has 8 heteroatoms. The summed E-state index contributed by atoms with van der Waals surface area (Å²) in [7, 11) is 1.60. The molecule has 0 unspecified atom stereocenters. The highest BCUT2D eigenvalue weighted by Crippen LogP contribution is 2.24. The van der Waals surface area contributed by atoms with E-state index in [0.29, 0.717) is 21.6 Å². The Balaban J connectivity index is 1.80. The molecule has 0 saturated heterocycles. The Morgan fingerprint density at radius 2 is 1.96 bits per heavy atom. The van der Waals surface area contributed by atoms with Crippen LogP contribution in [-0.2, 0) is 0 Å². The van der Waals surface area contributed by atoms with Crippen LogP contribution in [0.2, 0.25) is 0 Å². The summed E-state index contributed by atoms with van der Waals surface area (Å²) in [6.45, 7) is 2.05. The van der Waals surface area contributed by atoms with Gasteiger partial charge in [0.05, 0.1) is 28.2 Å². The molecule has 2 amide bonds. The molecular formula is C20H18BrN3O3S. The molecule has 0 aliphatic rings. The number of carbonyl (C=O) groups excluding carboxylic acids is 2. The Bertz CT molecular complexity index is 988. The molecule has 0 bridgehead atoms. The standard InChI is InChI=1S/C20H18BrN3O3S/c1-3-28-18-11-8-13(12-22-18)23-19(25)14-6-4-5-7-15(14)24(2)20(26)16-9-10-17(21)27-16/h4-12H,3H2,1-2H3,(H,23,25). The number of halogens is 1. The van der Waals surface area contributed by atoms with Gasteiger partial charge in [0, 0.05) is 7.05 Å². The first-order valence-corrected chi connectivity index (χ1v) is 10.3. The van der Waals surface area contributed by atoms with E-state index < -0.39 is 0 Å². The minimum Gasteiger partial charge on any atom is -0.444 e. The Hall–Kier alpha value is -2.58. The van der Waals surface area contributed by atoms with Crippen molar-refractivity contribution in [3.63, 3.8) is 0 Å². The molecule has 1 N–H and O–H groups in total. The Morgan fingerprint density at radius 1 is 1.18 bits per heavy atom. The van der Waals surface area contributed by atoms with E-state index in [4.69, 9.17) is 4.42 Å². The zero-order valence-electron chi connectivity index (χ0n) is 15.3. The van der Waals surface area contributed by atoms with Crippen molar-refractivity contribution in [2.45, 2.75) is 11.9 Å². The molecule has 0 fully saturated rings. The highest BCUT2D eigenvalue weighted by molar-refractivity contribution is 9.10. The summed E-state index contributed by atoms with van der Waals surface area (Å²) >= 11 is 4.81. The van der Waals surface area contributed by atoms with Gasteiger partial charge in [-0.1, -0.05) is 19.1 Å². The molecule has 0 aliphatic carbocycles. The van der Waals surface area contributed by atoms with Gasteiger partial charge in [-0.15, -0.1) is 11.8 Å². The van der Waals surface area contributed by atoms with E-state index in [1.54, 1.807) is 67.5 Å². The molecule has 144 valence electrons. The van der Waals surface area contributed by atoms with Crippen molar-refractivity contribution in [1.29, 1.82) is 0 Å². The smallest absolute Gasteiger partial charge is 0.293 e. The number of pyridine rings is 1. The molecule has 0 atom stereocenters. The van der Waals surface area contributed by atoms with E-state index in [-0.39, 0.29) is 17.6 Å². The van der Waals surface area contributed by atoms with Crippen molar-refractivity contribution in [2.75, 3.05) is 23.0 Å². The number of rotatable bonds is 6. The number of benzene rings is 1. The lowest BCUT2D eigenvalue weighted by atomic mass is 10.1. The van der Waals surface area contributed by atoms with Crippen molar-refractivity contribution < 1.29 is 14.0 Å². The molecular weight excluding hydrogens is 442 g/mol. The van der Waals surface area contributed by atoms with Crippen molar-refractivity contribution >= 4 is 50.9 Å². The number of hydrogen-bond donors (Lipinski definition) is 1. The molecule has 1 aromatic carbocycles. The number of aromatic nitrogens is 1. The summed E-state index contributed by atoms with van der Waals surface area (Å²) < 4.78 is 5.79. The predicted octanol–water partition coefficient (Wildman–Crippen LogP) is 5.08. The number of hydrogen-bond acceptors (Lipinski definition) is 5. The maximum atomic E-state index is 12.8. The van der Waals surface area contributed by atoms with Gasteiger partial charge in [0.25, 0.3) is 11.8 Å². The molecule has 0 aliphatic heterocycles. The Kier molecular flexibility index (Phi) is 6.53. The predicted molar refractivity (Wildman–Crippen MR) is 114 cm³/mol. The van der Waals surface area contributed by atoms with Crippen LogP contribution in [0.1, 0.15) is 27.8 Å². The molecule has 2 aromatic heterocycles. The maximum absolute atomic E-state index is 12.8. The third kappa shape index (κ3) is 4.63. The quantitative estimate of drug-likeness (QED) is 0.520. The van der Waals surface area contributed by atoms with E-state index in [2.05, 4.69) is 33.2 Å². The number of anilines is 2. The summed E-state index contributed by atoms with van der Waals surface area (Å²) in [6.07, 6.45) is 1.62. The van der Waals surface area contributed by atoms with Gasteiger partial charge >= 0.3 is 0 Å². The average Bonchev–Trinajstić information content (AvgIpc) is 3.15. The monoisotopic (exact) mass is 459 g/mol. The van der Waals surface area contributed by atoms with Crippen LogP contribution in [0, 0.1) is 0 Å². The number of furan rings is 1. The van der Waals surface area contributed by atoms with E-state index in [9.17, 15) is 9.59 Å². The number of nitrogens with one attached hydrogen (secondary N) is 1. The lowest BCUT2D eigenvalue weighted by Crippen LogP contribution is -2.28. The van der Waals surface area contributed by atoms with Gasteiger partial charge in [0.2, 0.25) is 0 Å². The van der Waals surface area contributed by atoms with Crippen LogP contribution in [0.4, 0.5) is 11.4 Å². The first kappa shape index (κ1) is 20.2. The third-order valence-electron chi connectivity index (χ3n) is 3.89. The van der Waals surface area contributed by atoms with Crippen molar-refractivity contribution in [1.82, 2.24) is 4.98 Å². The van der Waals surface area contributed by atoms with Gasteiger partial charge in [0.1, 0.15) is 0 Å². The van der Waals surface area contributed by atoms with Crippen LogP contribution in [0.25, 0.3) is 0 Å². The van der Waals surface area contributed by atoms with Gasteiger partial charge in [-0.3, -0.25) is 9.59 Å². The van der Waals surface area contributed by atoms with Crippen LogP contribution in [0.15, 0.2) is 68.8 Å². The second-order valence-corrected chi connectivity index (χ2v) is 7.82. The summed E-state index contributed by atoms with van der Waals surface area (Å²) in [5, 5.41) is 3.72. The fourth-order valence-electron chi connectivity index (χ4n) is 2.55. The largest absolute Gasteiger partial charge is 0.444 e. The van der Waals surface area contributed by atoms with Crippen molar-refractivity contribution in [3.8, 4) is 0 Å². The summed E-state index contributed by atoms with van der Waals surface area (Å²) in [5.41, 5.74) is 1.43. The highest BCUT2D eigenvalue weighted by Gasteiger charge is 2.22. The summed E-state index contributed by atoms with van der Waals surface area (Å²) in [6, 6.07) is 13.8. The first-order chi connectivity index (χ1) is 13.5. The molecule has 28 heavy (non-hydrogen) atoms. The zero-order valence-corrected chi connectivity index (χ0v) is 17.7. The van der Waals surface area contributed by atoms with Crippen LogP contribution in [0.3, 0.4) is 0 Å². The lowest BCUT2D eigenvalue weighted by Gasteiger charge is -2.19. The van der Waals surface area contributed by atoms with Gasteiger partial charge in [-0.25, -0.2) is 4.98 Å². The summed E-state index contributed by atoms with van der Waals surface area (Å²) in [4.78, 5) is 31.2. The first-order valence-electron chi connectivity index (χ1n) is 8.52. The third-order valence-corrected chi connectivity index (χ3v) is 5.14. The van der Waals surface area contributed by atoms with Crippen molar-refractivity contribution in [3.05, 3.63) is 70.7 Å². The average molecular weight is 460 g/mol. The number of thioether (sulfide) groups is 1. The van der Waals surface area contributed by atoms with Crippen LogP contribution >= 0.6 is 27.7 Å². The second kappa shape index (κ2) is 9.07. The van der Waals surface area contributed by atoms with Gasteiger partial charge in [-0.05, 0) is 58.1 Å². The fourth-order valence-corrected chi connectivity index (χ4v) is 3.44.